The number of ether oxygens (including phenoxy) is 1. The summed E-state index contributed by atoms with van der Waals surface area (Å²) in [5.74, 6) is 1.53. The van der Waals surface area contributed by atoms with Gasteiger partial charge in [-0.2, -0.15) is 0 Å². The summed E-state index contributed by atoms with van der Waals surface area (Å²) in [6.45, 7) is 2.08. The van der Waals surface area contributed by atoms with Crippen molar-refractivity contribution in [1.82, 2.24) is 5.32 Å². The van der Waals surface area contributed by atoms with Crippen LogP contribution in [0.4, 0.5) is 5.69 Å². The predicted molar refractivity (Wildman–Crippen MR) is 106 cm³/mol. The third-order valence-electron chi connectivity index (χ3n) is 4.93. The zero-order valence-corrected chi connectivity index (χ0v) is 16.0. The number of hydrogen-bond donors (Lipinski definition) is 1. The molecule has 2 heterocycles. The normalized spacial score (nSPS) is 21.1. The molecule has 0 radical (unpaired) electrons. The van der Waals surface area contributed by atoms with Gasteiger partial charge in [0.15, 0.2) is 6.10 Å². The van der Waals surface area contributed by atoms with E-state index < -0.39 is 6.10 Å². The number of para-hydroxylation sites is 2. The molecule has 0 saturated heterocycles. The largest absolute Gasteiger partial charge is 0.479 e. The van der Waals surface area contributed by atoms with Gasteiger partial charge in [-0.05, 0) is 37.1 Å². The number of benzene rings is 2. The molecular formula is C21H22N2O3S. The highest BCUT2D eigenvalue weighted by Gasteiger charge is 2.31. The predicted octanol–water partition coefficient (Wildman–Crippen LogP) is 3.54. The third-order valence-corrected chi connectivity index (χ3v) is 6.05. The number of thioether (sulfide) groups is 1. The minimum Gasteiger partial charge on any atom is -0.479 e. The van der Waals surface area contributed by atoms with Crippen molar-refractivity contribution in [2.45, 2.75) is 36.8 Å². The molecule has 0 bridgehead atoms. The van der Waals surface area contributed by atoms with Crippen LogP contribution in [0.1, 0.15) is 31.4 Å². The number of rotatable bonds is 4. The van der Waals surface area contributed by atoms with Gasteiger partial charge in [-0.1, -0.05) is 30.3 Å². The van der Waals surface area contributed by atoms with E-state index in [9.17, 15) is 9.59 Å². The van der Waals surface area contributed by atoms with Gasteiger partial charge in [-0.25, -0.2) is 0 Å². The molecule has 2 atom stereocenters. The number of hydrogen-bond acceptors (Lipinski definition) is 4. The average molecular weight is 382 g/mol. The summed E-state index contributed by atoms with van der Waals surface area (Å²) < 4.78 is 5.65. The molecule has 27 heavy (non-hydrogen) atoms. The lowest BCUT2D eigenvalue weighted by Crippen LogP contribution is -2.46. The van der Waals surface area contributed by atoms with Crippen LogP contribution >= 0.6 is 11.8 Å². The Labute approximate surface area is 163 Å². The molecule has 2 aliphatic rings. The van der Waals surface area contributed by atoms with Gasteiger partial charge >= 0.3 is 0 Å². The van der Waals surface area contributed by atoms with Gasteiger partial charge in [-0.3, -0.25) is 9.59 Å². The van der Waals surface area contributed by atoms with Crippen molar-refractivity contribution >= 4 is 29.3 Å². The highest BCUT2D eigenvalue weighted by atomic mass is 32.2. The van der Waals surface area contributed by atoms with Crippen LogP contribution in [0.5, 0.6) is 5.75 Å². The van der Waals surface area contributed by atoms with Crippen molar-refractivity contribution in [2.75, 3.05) is 17.2 Å². The van der Waals surface area contributed by atoms with Gasteiger partial charge < -0.3 is 15.0 Å². The summed E-state index contributed by atoms with van der Waals surface area (Å²) in [5, 5.41) is 3.14. The van der Waals surface area contributed by atoms with E-state index in [-0.39, 0.29) is 24.3 Å². The number of nitrogens with one attached hydrogen (secondary N) is 1. The van der Waals surface area contributed by atoms with Crippen LogP contribution in [-0.2, 0) is 9.59 Å². The molecule has 0 spiro atoms. The maximum absolute atomic E-state index is 12.6. The van der Waals surface area contributed by atoms with E-state index in [4.69, 9.17) is 4.74 Å². The minimum atomic E-state index is -0.537. The highest BCUT2D eigenvalue weighted by Crippen LogP contribution is 2.36. The van der Waals surface area contributed by atoms with Crippen LogP contribution in [-0.4, -0.2) is 30.2 Å². The second-order valence-electron chi connectivity index (χ2n) is 6.76. The van der Waals surface area contributed by atoms with E-state index >= 15 is 0 Å². The SMILES string of the molecule is CC1Oc2ccccc2N(CCC(=O)NC2CCSc3ccccc32)C1=O. The number of nitrogens with zero attached hydrogens (tertiary/aromatic N) is 1. The van der Waals surface area contributed by atoms with Crippen molar-refractivity contribution in [1.29, 1.82) is 0 Å². The average Bonchev–Trinajstić information content (AvgIpc) is 2.69. The fraction of sp³-hybridized carbons (Fsp3) is 0.333. The van der Waals surface area contributed by atoms with E-state index in [0.29, 0.717) is 12.3 Å². The molecule has 0 aromatic heterocycles. The Morgan fingerprint density at radius 1 is 1.22 bits per heavy atom. The highest BCUT2D eigenvalue weighted by molar-refractivity contribution is 7.99. The summed E-state index contributed by atoms with van der Waals surface area (Å²) in [6, 6.07) is 15.7. The molecule has 1 N–H and O–H groups in total. The number of fused-ring (bicyclic) bond motifs is 2. The Morgan fingerprint density at radius 2 is 2.00 bits per heavy atom. The number of carbonyl (C=O) groups excluding carboxylic acids is 2. The first-order chi connectivity index (χ1) is 13.1. The minimum absolute atomic E-state index is 0.0360. The molecule has 5 nitrogen and oxygen atoms in total. The van der Waals surface area contributed by atoms with Crippen molar-refractivity contribution in [2.24, 2.45) is 0 Å². The van der Waals surface area contributed by atoms with Gasteiger partial charge in [0.25, 0.3) is 5.91 Å². The van der Waals surface area contributed by atoms with Crippen molar-refractivity contribution in [3.05, 3.63) is 54.1 Å². The number of anilines is 1. The molecule has 140 valence electrons. The second-order valence-corrected chi connectivity index (χ2v) is 7.90. The topological polar surface area (TPSA) is 58.6 Å². The van der Waals surface area contributed by atoms with E-state index in [1.165, 1.54) is 10.5 Å². The number of amides is 2. The third kappa shape index (κ3) is 3.67. The Bertz CT molecular complexity index is 870. The fourth-order valence-electron chi connectivity index (χ4n) is 3.56. The van der Waals surface area contributed by atoms with Gasteiger partial charge in [0.1, 0.15) is 5.75 Å². The Balaban J connectivity index is 1.42. The monoisotopic (exact) mass is 382 g/mol. The lowest BCUT2D eigenvalue weighted by molar-refractivity contribution is -0.125. The standard InChI is InChI=1S/C21H22N2O3S/c1-14-21(25)23(17-7-3-4-8-18(17)26-14)12-10-20(24)22-16-11-13-27-19-9-5-2-6-15(16)19/h2-9,14,16H,10-13H2,1H3,(H,22,24). The molecule has 0 saturated carbocycles. The molecule has 2 unspecified atom stereocenters. The molecule has 2 amide bonds. The van der Waals surface area contributed by atoms with Gasteiger partial charge in [0.05, 0.1) is 11.7 Å². The number of carbonyl (C=O) groups is 2. The molecule has 2 aliphatic heterocycles. The molecule has 2 aromatic rings. The molecule has 2 aromatic carbocycles. The maximum Gasteiger partial charge on any atom is 0.267 e. The summed E-state index contributed by atoms with van der Waals surface area (Å²) >= 11 is 1.83. The van der Waals surface area contributed by atoms with Gasteiger partial charge in [0.2, 0.25) is 5.91 Å². The summed E-state index contributed by atoms with van der Waals surface area (Å²) in [7, 11) is 0. The van der Waals surface area contributed by atoms with E-state index in [1.807, 2.05) is 48.2 Å². The molecule has 0 fully saturated rings. The Morgan fingerprint density at radius 3 is 2.89 bits per heavy atom. The van der Waals surface area contributed by atoms with Crippen LogP contribution in [0.2, 0.25) is 0 Å². The summed E-state index contributed by atoms with van der Waals surface area (Å²) in [6.07, 6.45) is 0.646. The first kappa shape index (κ1) is 17.9. The first-order valence-corrected chi connectivity index (χ1v) is 10.2. The van der Waals surface area contributed by atoms with Crippen molar-refractivity contribution < 1.29 is 14.3 Å². The molecule has 4 rings (SSSR count). The van der Waals surface area contributed by atoms with E-state index in [2.05, 4.69) is 17.4 Å². The van der Waals surface area contributed by atoms with Crippen molar-refractivity contribution in [3.63, 3.8) is 0 Å². The van der Waals surface area contributed by atoms with E-state index in [0.717, 1.165) is 17.9 Å². The van der Waals surface area contributed by atoms with Crippen molar-refractivity contribution in [3.8, 4) is 5.75 Å². The quantitative estimate of drug-likeness (QED) is 0.879. The second kappa shape index (κ2) is 7.64. The van der Waals surface area contributed by atoms with Crippen LogP contribution in [0.25, 0.3) is 0 Å². The van der Waals surface area contributed by atoms with Crippen LogP contribution in [0, 0.1) is 0 Å². The van der Waals surface area contributed by atoms with Gasteiger partial charge in [0, 0.05) is 23.6 Å². The molecule has 6 heteroatoms. The Kier molecular flexibility index (Phi) is 5.07. The summed E-state index contributed by atoms with van der Waals surface area (Å²) in [5.41, 5.74) is 1.91. The van der Waals surface area contributed by atoms with Gasteiger partial charge in [-0.15, -0.1) is 11.8 Å². The fourth-order valence-corrected chi connectivity index (χ4v) is 4.69. The first-order valence-electron chi connectivity index (χ1n) is 9.21. The summed E-state index contributed by atoms with van der Waals surface area (Å²) in [4.78, 5) is 28.0. The lowest BCUT2D eigenvalue weighted by Gasteiger charge is -2.33. The zero-order chi connectivity index (χ0) is 18.8. The molecule has 0 aliphatic carbocycles. The molecular weight excluding hydrogens is 360 g/mol. The smallest absolute Gasteiger partial charge is 0.267 e. The zero-order valence-electron chi connectivity index (χ0n) is 15.2. The van der Waals surface area contributed by atoms with Crippen LogP contribution < -0.4 is 15.0 Å². The van der Waals surface area contributed by atoms with E-state index in [1.54, 1.807) is 11.8 Å². The Hall–Kier alpha value is -2.47. The maximum atomic E-state index is 12.6. The lowest BCUT2D eigenvalue weighted by atomic mass is 10.0. The van der Waals surface area contributed by atoms with Crippen LogP contribution in [0.3, 0.4) is 0 Å². The van der Waals surface area contributed by atoms with Crippen LogP contribution in [0.15, 0.2) is 53.4 Å².